The van der Waals surface area contributed by atoms with Crippen LogP contribution in [0, 0.1) is 0 Å². The smallest absolute Gasteiger partial charge is 0.0253 e. The molecule has 0 aliphatic carbocycles. The van der Waals surface area contributed by atoms with Crippen molar-refractivity contribution in [1.82, 2.24) is 0 Å². The van der Waals surface area contributed by atoms with Crippen molar-refractivity contribution in [2.24, 2.45) is 0 Å². The molecule has 0 N–H and O–H groups in total. The topological polar surface area (TPSA) is 0 Å². The van der Waals surface area contributed by atoms with E-state index in [4.69, 9.17) is 0 Å². The van der Waals surface area contributed by atoms with Crippen LogP contribution in [0.3, 0.4) is 0 Å². The van der Waals surface area contributed by atoms with Crippen LogP contribution in [0.2, 0.25) is 0 Å². The largest absolute Gasteiger partial charge is 0.0616 e. The molecule has 0 saturated heterocycles. The Balaban J connectivity index is 1.78. The van der Waals surface area contributed by atoms with Crippen LogP contribution >= 0.6 is 15.9 Å². The van der Waals surface area contributed by atoms with Crippen molar-refractivity contribution >= 4 is 69.8 Å². The van der Waals surface area contributed by atoms with Gasteiger partial charge in [0.1, 0.15) is 0 Å². The van der Waals surface area contributed by atoms with E-state index in [1.54, 1.807) is 0 Å². The van der Waals surface area contributed by atoms with Crippen molar-refractivity contribution in [3.05, 3.63) is 95.5 Å². The summed E-state index contributed by atoms with van der Waals surface area (Å²) in [5.74, 6) is 0. The maximum Gasteiger partial charge on any atom is 0.0253 e. The highest BCUT2D eigenvalue weighted by Crippen LogP contribution is 2.35. The standard InChI is InChI=1S/C26H15Br/c27-26-7-3-6-18-12-19-8-9-20-13-21-10-16-4-1-2-5-17(16)11-22(21)14-23(20)24(19)15-25(18)26/h1-15H. The van der Waals surface area contributed by atoms with E-state index in [0.29, 0.717) is 0 Å². The lowest BCUT2D eigenvalue weighted by Gasteiger charge is -2.10. The van der Waals surface area contributed by atoms with Gasteiger partial charge in [-0.15, -0.1) is 0 Å². The zero-order valence-electron chi connectivity index (χ0n) is 14.5. The molecule has 0 heterocycles. The van der Waals surface area contributed by atoms with E-state index in [1.165, 1.54) is 53.9 Å². The van der Waals surface area contributed by atoms with E-state index in [0.717, 1.165) is 4.47 Å². The van der Waals surface area contributed by atoms with Gasteiger partial charge in [-0.25, -0.2) is 0 Å². The normalized spacial score (nSPS) is 11.9. The first kappa shape index (κ1) is 15.2. The minimum absolute atomic E-state index is 1.14. The molecule has 0 aliphatic heterocycles. The molecule has 0 amide bonds. The van der Waals surface area contributed by atoms with Crippen molar-refractivity contribution in [2.75, 3.05) is 0 Å². The monoisotopic (exact) mass is 406 g/mol. The van der Waals surface area contributed by atoms with Crippen molar-refractivity contribution in [2.45, 2.75) is 0 Å². The minimum atomic E-state index is 1.14. The summed E-state index contributed by atoms with van der Waals surface area (Å²) >= 11 is 3.71. The second kappa shape index (κ2) is 5.55. The molecule has 6 aromatic carbocycles. The molecular formula is C26H15Br. The average Bonchev–Trinajstić information content (AvgIpc) is 2.70. The van der Waals surface area contributed by atoms with Crippen molar-refractivity contribution in [3.8, 4) is 0 Å². The summed E-state index contributed by atoms with van der Waals surface area (Å²) < 4.78 is 1.14. The van der Waals surface area contributed by atoms with Gasteiger partial charge in [-0.2, -0.15) is 0 Å². The zero-order valence-corrected chi connectivity index (χ0v) is 16.1. The molecule has 0 spiro atoms. The molecule has 6 aromatic rings. The van der Waals surface area contributed by atoms with Crippen molar-refractivity contribution in [1.29, 1.82) is 0 Å². The molecule has 0 atom stereocenters. The van der Waals surface area contributed by atoms with E-state index < -0.39 is 0 Å². The first-order chi connectivity index (χ1) is 13.3. The summed E-state index contributed by atoms with van der Waals surface area (Å²) in [6.07, 6.45) is 0. The lowest BCUT2D eigenvalue weighted by Crippen LogP contribution is -1.83. The fraction of sp³-hybridized carbons (Fsp3) is 0. The Morgan fingerprint density at radius 3 is 1.63 bits per heavy atom. The number of halogens is 1. The Morgan fingerprint density at radius 1 is 0.370 bits per heavy atom. The van der Waals surface area contributed by atoms with Crippen LogP contribution in [0.25, 0.3) is 53.9 Å². The molecule has 1 heteroatoms. The van der Waals surface area contributed by atoms with Crippen LogP contribution in [-0.4, -0.2) is 0 Å². The highest BCUT2D eigenvalue weighted by atomic mass is 79.9. The Bertz CT molecular complexity index is 1530. The first-order valence-electron chi connectivity index (χ1n) is 9.14. The van der Waals surface area contributed by atoms with Gasteiger partial charge in [0.25, 0.3) is 0 Å². The van der Waals surface area contributed by atoms with Crippen LogP contribution in [-0.2, 0) is 0 Å². The Labute approximate surface area is 165 Å². The third-order valence-corrected chi connectivity index (χ3v) is 6.29. The average molecular weight is 407 g/mol. The number of fused-ring (bicyclic) bond motifs is 6. The Hall–Kier alpha value is -2.90. The first-order valence-corrected chi connectivity index (χ1v) is 9.93. The number of benzene rings is 6. The van der Waals surface area contributed by atoms with Gasteiger partial charge in [-0.3, -0.25) is 0 Å². The van der Waals surface area contributed by atoms with Gasteiger partial charge in [-0.1, -0.05) is 64.5 Å². The maximum atomic E-state index is 3.71. The van der Waals surface area contributed by atoms with Gasteiger partial charge in [0.15, 0.2) is 0 Å². The molecule has 6 rings (SSSR count). The van der Waals surface area contributed by atoms with E-state index in [-0.39, 0.29) is 0 Å². The maximum absolute atomic E-state index is 3.71. The highest BCUT2D eigenvalue weighted by molar-refractivity contribution is 9.10. The quantitative estimate of drug-likeness (QED) is 0.176. The molecule has 0 fully saturated rings. The Morgan fingerprint density at radius 2 is 0.889 bits per heavy atom. The highest BCUT2D eigenvalue weighted by Gasteiger charge is 2.07. The second-order valence-electron chi connectivity index (χ2n) is 7.22. The van der Waals surface area contributed by atoms with Gasteiger partial charge in [0.05, 0.1) is 0 Å². The van der Waals surface area contributed by atoms with Crippen LogP contribution in [0.15, 0.2) is 95.5 Å². The minimum Gasteiger partial charge on any atom is -0.0616 e. The van der Waals surface area contributed by atoms with Gasteiger partial charge in [-0.05, 0) is 96.3 Å². The van der Waals surface area contributed by atoms with E-state index in [1.807, 2.05) is 0 Å². The van der Waals surface area contributed by atoms with E-state index in [9.17, 15) is 0 Å². The summed E-state index contributed by atoms with van der Waals surface area (Å²) in [4.78, 5) is 0. The molecule has 0 aromatic heterocycles. The lowest BCUT2D eigenvalue weighted by atomic mass is 9.95. The van der Waals surface area contributed by atoms with Crippen molar-refractivity contribution < 1.29 is 0 Å². The number of hydrogen-bond donors (Lipinski definition) is 0. The molecule has 0 saturated carbocycles. The molecular weight excluding hydrogens is 392 g/mol. The Kier molecular flexibility index (Phi) is 3.12. The van der Waals surface area contributed by atoms with Crippen LogP contribution in [0.1, 0.15) is 0 Å². The fourth-order valence-electron chi connectivity index (χ4n) is 4.24. The summed E-state index contributed by atoms with van der Waals surface area (Å²) in [6.45, 7) is 0. The second-order valence-corrected chi connectivity index (χ2v) is 8.07. The van der Waals surface area contributed by atoms with E-state index in [2.05, 4.69) is 107 Å². The van der Waals surface area contributed by atoms with Gasteiger partial charge < -0.3 is 0 Å². The SMILES string of the molecule is Brc1cccc2cc3ccc4cc5cc6ccccc6cc5cc4c3cc12. The van der Waals surface area contributed by atoms with Gasteiger partial charge in [0, 0.05) is 4.47 Å². The molecule has 0 bridgehead atoms. The van der Waals surface area contributed by atoms with Gasteiger partial charge >= 0.3 is 0 Å². The molecule has 0 aliphatic rings. The summed E-state index contributed by atoms with van der Waals surface area (Å²) in [6, 6.07) is 33.3. The summed E-state index contributed by atoms with van der Waals surface area (Å²) in [5.41, 5.74) is 0. The van der Waals surface area contributed by atoms with Crippen LogP contribution < -0.4 is 0 Å². The van der Waals surface area contributed by atoms with Gasteiger partial charge in [0.2, 0.25) is 0 Å². The molecule has 27 heavy (non-hydrogen) atoms. The van der Waals surface area contributed by atoms with E-state index >= 15 is 0 Å². The molecule has 0 unspecified atom stereocenters. The number of hydrogen-bond acceptors (Lipinski definition) is 0. The predicted octanol–water partition coefficient (Wildman–Crippen LogP) is 8.22. The van der Waals surface area contributed by atoms with Crippen molar-refractivity contribution in [3.63, 3.8) is 0 Å². The number of rotatable bonds is 0. The molecule has 0 nitrogen and oxygen atoms in total. The zero-order chi connectivity index (χ0) is 18.0. The van der Waals surface area contributed by atoms with Crippen LogP contribution in [0.5, 0.6) is 0 Å². The predicted molar refractivity (Wildman–Crippen MR) is 122 cm³/mol. The summed E-state index contributed by atoms with van der Waals surface area (Å²) in [7, 11) is 0. The lowest BCUT2D eigenvalue weighted by molar-refractivity contribution is 1.74. The third-order valence-electron chi connectivity index (χ3n) is 5.60. The van der Waals surface area contributed by atoms with Crippen LogP contribution in [0.4, 0.5) is 0 Å². The summed E-state index contributed by atoms with van der Waals surface area (Å²) in [5, 5.41) is 12.9. The third kappa shape index (κ3) is 2.28. The molecule has 126 valence electrons. The fourth-order valence-corrected chi connectivity index (χ4v) is 4.73. The molecule has 0 radical (unpaired) electrons.